The van der Waals surface area contributed by atoms with Gasteiger partial charge in [0.15, 0.2) is 11.5 Å². The Morgan fingerprint density at radius 3 is 2.62 bits per heavy atom. The van der Waals surface area contributed by atoms with Gasteiger partial charge in [0.2, 0.25) is 6.10 Å². The zero-order valence-corrected chi connectivity index (χ0v) is 12.5. The first kappa shape index (κ1) is 15.5. The molecule has 1 atom stereocenters. The SMILES string of the molecule is O=C(O)c1ccccc1/C=N/NC(=O)C1COc2ccccc2O1. The Labute approximate surface area is 137 Å². The summed E-state index contributed by atoms with van der Waals surface area (Å²) in [7, 11) is 0. The zero-order valence-electron chi connectivity index (χ0n) is 12.5. The van der Waals surface area contributed by atoms with Crippen molar-refractivity contribution in [1.29, 1.82) is 0 Å². The second-order valence-corrected chi connectivity index (χ2v) is 4.99. The number of nitrogens with zero attached hydrogens (tertiary/aromatic N) is 1. The molecule has 0 fully saturated rings. The van der Waals surface area contributed by atoms with Crippen LogP contribution in [0.4, 0.5) is 0 Å². The standard InChI is InChI=1S/C17H14N2O5/c20-16(15-10-23-13-7-3-4-8-14(13)24-15)19-18-9-11-5-1-2-6-12(11)17(21)22/h1-9,15H,10H2,(H,19,20)(H,21,22)/b18-9+. The molecule has 0 radical (unpaired) electrons. The maximum absolute atomic E-state index is 12.1. The van der Waals surface area contributed by atoms with Gasteiger partial charge in [-0.15, -0.1) is 0 Å². The molecule has 2 aromatic carbocycles. The molecule has 2 N–H and O–H groups in total. The van der Waals surface area contributed by atoms with Crippen molar-refractivity contribution in [1.82, 2.24) is 5.43 Å². The number of carbonyl (C=O) groups is 2. The van der Waals surface area contributed by atoms with Gasteiger partial charge in [0.25, 0.3) is 5.91 Å². The largest absolute Gasteiger partial charge is 0.485 e. The molecule has 1 amide bonds. The van der Waals surface area contributed by atoms with Crippen LogP contribution in [0.5, 0.6) is 11.5 Å². The molecule has 0 saturated heterocycles. The topological polar surface area (TPSA) is 97.2 Å². The summed E-state index contributed by atoms with van der Waals surface area (Å²) in [6.45, 7) is 0.0735. The molecule has 2 aromatic rings. The average Bonchev–Trinajstić information content (AvgIpc) is 2.61. The predicted octanol–water partition coefficient (Wildman–Crippen LogP) is 1.67. The van der Waals surface area contributed by atoms with Crippen molar-refractivity contribution < 1.29 is 24.2 Å². The fourth-order valence-corrected chi connectivity index (χ4v) is 2.19. The van der Waals surface area contributed by atoms with Gasteiger partial charge in [0.05, 0.1) is 11.8 Å². The second-order valence-electron chi connectivity index (χ2n) is 4.99. The number of hydrazone groups is 1. The van der Waals surface area contributed by atoms with Crippen LogP contribution in [-0.4, -0.2) is 35.9 Å². The summed E-state index contributed by atoms with van der Waals surface area (Å²) in [5.74, 6) is -0.470. The molecule has 122 valence electrons. The summed E-state index contributed by atoms with van der Waals surface area (Å²) in [6.07, 6.45) is 0.450. The first-order chi connectivity index (χ1) is 11.6. The highest BCUT2D eigenvalue weighted by atomic mass is 16.6. The molecular formula is C17H14N2O5. The van der Waals surface area contributed by atoms with E-state index in [0.717, 1.165) is 0 Å². The molecule has 1 heterocycles. The smallest absolute Gasteiger partial charge is 0.336 e. The molecule has 3 rings (SSSR count). The third-order valence-electron chi connectivity index (χ3n) is 3.37. The van der Waals surface area contributed by atoms with E-state index in [-0.39, 0.29) is 12.2 Å². The van der Waals surface area contributed by atoms with Crippen LogP contribution >= 0.6 is 0 Å². The van der Waals surface area contributed by atoms with Crippen LogP contribution < -0.4 is 14.9 Å². The van der Waals surface area contributed by atoms with E-state index in [1.807, 2.05) is 6.07 Å². The van der Waals surface area contributed by atoms with E-state index >= 15 is 0 Å². The first-order valence-corrected chi connectivity index (χ1v) is 7.19. The van der Waals surface area contributed by atoms with E-state index in [2.05, 4.69) is 10.5 Å². The minimum atomic E-state index is -1.07. The van der Waals surface area contributed by atoms with Crippen LogP contribution in [0, 0.1) is 0 Å². The molecule has 1 unspecified atom stereocenters. The van der Waals surface area contributed by atoms with Crippen LogP contribution in [0.3, 0.4) is 0 Å². The third-order valence-corrected chi connectivity index (χ3v) is 3.37. The molecule has 1 aliphatic heterocycles. The Morgan fingerprint density at radius 1 is 1.12 bits per heavy atom. The summed E-state index contributed by atoms with van der Waals surface area (Å²) < 4.78 is 11.0. The number of rotatable bonds is 4. The minimum absolute atomic E-state index is 0.0735. The van der Waals surface area contributed by atoms with Crippen molar-refractivity contribution in [3.63, 3.8) is 0 Å². The van der Waals surface area contributed by atoms with Crippen molar-refractivity contribution in [2.24, 2.45) is 5.10 Å². The fraction of sp³-hybridized carbons (Fsp3) is 0.118. The number of fused-ring (bicyclic) bond motifs is 1. The lowest BCUT2D eigenvalue weighted by atomic mass is 10.1. The number of amides is 1. The molecule has 7 heteroatoms. The lowest BCUT2D eigenvalue weighted by Gasteiger charge is -2.24. The molecule has 0 aromatic heterocycles. The summed E-state index contributed by atoms with van der Waals surface area (Å²) in [5, 5.41) is 12.9. The molecule has 0 spiro atoms. The second kappa shape index (κ2) is 6.82. The molecule has 24 heavy (non-hydrogen) atoms. The third kappa shape index (κ3) is 3.35. The van der Waals surface area contributed by atoms with Gasteiger partial charge in [-0.1, -0.05) is 30.3 Å². The lowest BCUT2D eigenvalue weighted by Crippen LogP contribution is -2.42. The van der Waals surface area contributed by atoms with Gasteiger partial charge in [0.1, 0.15) is 6.61 Å². The number of nitrogens with one attached hydrogen (secondary N) is 1. The van der Waals surface area contributed by atoms with Gasteiger partial charge >= 0.3 is 5.97 Å². The number of ether oxygens (including phenoxy) is 2. The Kier molecular flexibility index (Phi) is 4.42. The van der Waals surface area contributed by atoms with Gasteiger partial charge < -0.3 is 14.6 Å². The maximum atomic E-state index is 12.1. The minimum Gasteiger partial charge on any atom is -0.485 e. The normalized spacial score (nSPS) is 15.9. The van der Waals surface area contributed by atoms with E-state index in [0.29, 0.717) is 17.1 Å². The Bertz CT molecular complexity index is 803. The molecular weight excluding hydrogens is 312 g/mol. The highest BCUT2D eigenvalue weighted by Crippen LogP contribution is 2.30. The van der Waals surface area contributed by atoms with E-state index in [1.54, 1.807) is 36.4 Å². The number of carboxylic acids is 1. The summed E-state index contributed by atoms with van der Waals surface area (Å²) in [6, 6.07) is 13.4. The monoisotopic (exact) mass is 326 g/mol. The number of para-hydroxylation sites is 2. The number of carbonyl (C=O) groups excluding carboxylic acids is 1. The molecule has 0 bridgehead atoms. The van der Waals surface area contributed by atoms with Crippen molar-refractivity contribution in [2.75, 3.05) is 6.61 Å². The van der Waals surface area contributed by atoms with Gasteiger partial charge in [-0.3, -0.25) is 4.79 Å². The summed E-state index contributed by atoms with van der Waals surface area (Å²) in [4.78, 5) is 23.2. The number of hydrogen-bond donors (Lipinski definition) is 2. The highest BCUT2D eigenvalue weighted by Gasteiger charge is 2.27. The fourth-order valence-electron chi connectivity index (χ4n) is 2.19. The predicted molar refractivity (Wildman–Crippen MR) is 85.5 cm³/mol. The molecule has 7 nitrogen and oxygen atoms in total. The molecule has 1 aliphatic rings. The summed E-state index contributed by atoms with van der Waals surface area (Å²) in [5.41, 5.74) is 2.81. The van der Waals surface area contributed by atoms with Gasteiger partial charge in [-0.25, -0.2) is 10.2 Å². The van der Waals surface area contributed by atoms with Gasteiger partial charge in [-0.2, -0.15) is 5.10 Å². The molecule has 0 aliphatic carbocycles. The zero-order chi connectivity index (χ0) is 16.9. The van der Waals surface area contributed by atoms with Gasteiger partial charge in [-0.05, 0) is 18.2 Å². The van der Waals surface area contributed by atoms with Crippen LogP contribution in [0.15, 0.2) is 53.6 Å². The Hall–Kier alpha value is -3.35. The number of hydrogen-bond acceptors (Lipinski definition) is 5. The van der Waals surface area contributed by atoms with Crippen LogP contribution in [-0.2, 0) is 4.79 Å². The van der Waals surface area contributed by atoms with Crippen LogP contribution in [0.2, 0.25) is 0 Å². The van der Waals surface area contributed by atoms with Crippen molar-refractivity contribution >= 4 is 18.1 Å². The Morgan fingerprint density at radius 2 is 1.83 bits per heavy atom. The first-order valence-electron chi connectivity index (χ1n) is 7.19. The van der Waals surface area contributed by atoms with Crippen molar-refractivity contribution in [3.8, 4) is 11.5 Å². The molecule has 0 saturated carbocycles. The van der Waals surface area contributed by atoms with E-state index in [9.17, 15) is 9.59 Å². The Balaban J connectivity index is 1.63. The van der Waals surface area contributed by atoms with Crippen LogP contribution in [0.1, 0.15) is 15.9 Å². The summed E-state index contributed by atoms with van der Waals surface area (Å²) >= 11 is 0. The number of carboxylic acid groups (broad SMARTS) is 1. The quantitative estimate of drug-likeness (QED) is 0.658. The van der Waals surface area contributed by atoms with E-state index < -0.39 is 18.0 Å². The van der Waals surface area contributed by atoms with Crippen molar-refractivity contribution in [3.05, 3.63) is 59.7 Å². The average molecular weight is 326 g/mol. The number of benzene rings is 2. The van der Waals surface area contributed by atoms with Crippen LogP contribution in [0.25, 0.3) is 0 Å². The van der Waals surface area contributed by atoms with E-state index in [4.69, 9.17) is 14.6 Å². The number of aromatic carboxylic acids is 1. The van der Waals surface area contributed by atoms with Gasteiger partial charge in [0, 0.05) is 5.56 Å². The highest BCUT2D eigenvalue weighted by molar-refractivity contribution is 5.98. The van der Waals surface area contributed by atoms with Crippen molar-refractivity contribution in [2.45, 2.75) is 6.10 Å². The van der Waals surface area contributed by atoms with E-state index in [1.165, 1.54) is 12.3 Å². The maximum Gasteiger partial charge on any atom is 0.336 e. The lowest BCUT2D eigenvalue weighted by molar-refractivity contribution is -0.130.